The van der Waals surface area contributed by atoms with Gasteiger partial charge in [-0.05, 0) is 33.4 Å². The number of hydrogen-bond acceptors (Lipinski definition) is 3. The summed E-state index contributed by atoms with van der Waals surface area (Å²) in [6, 6.07) is 0. The van der Waals surface area contributed by atoms with Crippen LogP contribution in [0.4, 0.5) is 13.2 Å². The lowest BCUT2D eigenvalue weighted by atomic mass is 10.2. The van der Waals surface area contributed by atoms with Crippen molar-refractivity contribution < 1.29 is 22.7 Å². The second-order valence-corrected chi connectivity index (χ2v) is 4.28. The standard InChI is InChI=1S/C12H22F3NO2/c1-3-18-11(17)7-5-4-6-9-16(2)10-8-12(13,14)15/h3-10H2,1-2H3. The highest BCUT2D eigenvalue weighted by Crippen LogP contribution is 2.19. The highest BCUT2D eigenvalue weighted by Gasteiger charge is 2.26. The zero-order valence-corrected chi connectivity index (χ0v) is 11.1. The predicted octanol–water partition coefficient (Wildman–Crippen LogP) is 2.99. The average molecular weight is 269 g/mol. The van der Waals surface area contributed by atoms with Crippen LogP contribution < -0.4 is 0 Å². The van der Waals surface area contributed by atoms with Gasteiger partial charge in [0.05, 0.1) is 13.0 Å². The number of halogens is 3. The zero-order valence-electron chi connectivity index (χ0n) is 11.1. The number of ether oxygens (including phenoxy) is 1. The van der Waals surface area contributed by atoms with Crippen LogP contribution in [-0.2, 0) is 9.53 Å². The molecule has 6 heteroatoms. The van der Waals surface area contributed by atoms with Crippen LogP contribution in [-0.4, -0.2) is 43.8 Å². The zero-order chi connectivity index (χ0) is 14.0. The second-order valence-electron chi connectivity index (χ2n) is 4.28. The van der Waals surface area contributed by atoms with Gasteiger partial charge in [-0.15, -0.1) is 0 Å². The number of alkyl halides is 3. The van der Waals surface area contributed by atoms with Crippen molar-refractivity contribution in [3.8, 4) is 0 Å². The van der Waals surface area contributed by atoms with E-state index >= 15 is 0 Å². The molecule has 0 aliphatic carbocycles. The number of unbranched alkanes of at least 4 members (excludes halogenated alkanes) is 2. The molecule has 0 amide bonds. The Morgan fingerprint density at radius 1 is 1.17 bits per heavy atom. The quantitative estimate of drug-likeness (QED) is 0.476. The number of nitrogens with zero attached hydrogens (tertiary/aromatic N) is 1. The smallest absolute Gasteiger partial charge is 0.390 e. The summed E-state index contributed by atoms with van der Waals surface area (Å²) in [6.45, 7) is 2.80. The van der Waals surface area contributed by atoms with Gasteiger partial charge < -0.3 is 9.64 Å². The van der Waals surface area contributed by atoms with E-state index in [1.165, 1.54) is 0 Å². The van der Waals surface area contributed by atoms with E-state index in [1.807, 2.05) is 0 Å². The Morgan fingerprint density at radius 2 is 1.83 bits per heavy atom. The molecule has 0 aliphatic heterocycles. The van der Waals surface area contributed by atoms with E-state index in [2.05, 4.69) is 0 Å². The lowest BCUT2D eigenvalue weighted by Gasteiger charge is -2.17. The monoisotopic (exact) mass is 269 g/mol. The van der Waals surface area contributed by atoms with Crippen LogP contribution in [0.5, 0.6) is 0 Å². The summed E-state index contributed by atoms with van der Waals surface area (Å²) in [6.07, 6.45) is -2.11. The third-order valence-corrected chi connectivity index (χ3v) is 2.50. The number of rotatable bonds is 9. The molecule has 0 aromatic rings. The Hall–Kier alpha value is -0.780. The molecule has 0 rings (SSSR count). The molecule has 0 heterocycles. The Balaban J connectivity index is 3.40. The van der Waals surface area contributed by atoms with Crippen molar-refractivity contribution >= 4 is 5.97 Å². The van der Waals surface area contributed by atoms with Crippen LogP contribution in [0, 0.1) is 0 Å². The third-order valence-electron chi connectivity index (χ3n) is 2.50. The van der Waals surface area contributed by atoms with Gasteiger partial charge in [0.2, 0.25) is 0 Å². The van der Waals surface area contributed by atoms with Crippen molar-refractivity contribution in [3.05, 3.63) is 0 Å². The second kappa shape index (κ2) is 9.19. The average Bonchev–Trinajstić information content (AvgIpc) is 2.25. The molecule has 0 aromatic heterocycles. The summed E-state index contributed by atoms with van der Waals surface area (Å²) in [4.78, 5) is 12.7. The lowest BCUT2D eigenvalue weighted by Crippen LogP contribution is -2.25. The van der Waals surface area contributed by atoms with Gasteiger partial charge in [0.1, 0.15) is 0 Å². The van der Waals surface area contributed by atoms with Crippen LogP contribution in [0.1, 0.15) is 39.0 Å². The maximum atomic E-state index is 11.9. The Morgan fingerprint density at radius 3 is 2.39 bits per heavy atom. The first-order valence-corrected chi connectivity index (χ1v) is 6.26. The number of carbonyl (C=O) groups excluding carboxylic acids is 1. The molecule has 108 valence electrons. The first-order chi connectivity index (χ1) is 8.35. The SMILES string of the molecule is CCOC(=O)CCCCCN(C)CCC(F)(F)F. The van der Waals surface area contributed by atoms with Gasteiger partial charge in [-0.25, -0.2) is 0 Å². The Kier molecular flexibility index (Phi) is 8.79. The minimum atomic E-state index is -4.09. The molecule has 0 radical (unpaired) electrons. The van der Waals surface area contributed by atoms with E-state index in [0.29, 0.717) is 19.6 Å². The van der Waals surface area contributed by atoms with Crippen molar-refractivity contribution in [3.63, 3.8) is 0 Å². The highest BCUT2D eigenvalue weighted by molar-refractivity contribution is 5.69. The number of esters is 1. The largest absolute Gasteiger partial charge is 0.466 e. The molecule has 0 unspecified atom stereocenters. The predicted molar refractivity (Wildman–Crippen MR) is 63.3 cm³/mol. The fourth-order valence-corrected chi connectivity index (χ4v) is 1.49. The van der Waals surface area contributed by atoms with Gasteiger partial charge >= 0.3 is 12.1 Å². The summed E-state index contributed by atoms with van der Waals surface area (Å²) in [5, 5.41) is 0. The van der Waals surface area contributed by atoms with Gasteiger partial charge in [0.15, 0.2) is 0 Å². The number of hydrogen-bond donors (Lipinski definition) is 0. The van der Waals surface area contributed by atoms with Crippen molar-refractivity contribution in [2.24, 2.45) is 0 Å². The maximum absolute atomic E-state index is 11.9. The van der Waals surface area contributed by atoms with Crippen LogP contribution >= 0.6 is 0 Å². The molecule has 0 N–H and O–H groups in total. The Bertz CT molecular complexity index is 232. The minimum absolute atomic E-state index is 0.0291. The van der Waals surface area contributed by atoms with Crippen molar-refractivity contribution in [2.45, 2.75) is 45.2 Å². The molecule has 0 atom stereocenters. The van der Waals surface area contributed by atoms with Crippen LogP contribution in [0.3, 0.4) is 0 Å². The molecule has 0 fully saturated rings. The summed E-state index contributed by atoms with van der Waals surface area (Å²) in [5.74, 6) is -0.206. The van der Waals surface area contributed by atoms with Crippen molar-refractivity contribution in [1.29, 1.82) is 0 Å². The van der Waals surface area contributed by atoms with E-state index in [4.69, 9.17) is 4.74 Å². The molecule has 0 spiro atoms. The van der Waals surface area contributed by atoms with Crippen LogP contribution in [0.2, 0.25) is 0 Å². The maximum Gasteiger partial charge on any atom is 0.390 e. The summed E-state index contributed by atoms with van der Waals surface area (Å²) in [5.41, 5.74) is 0. The first-order valence-electron chi connectivity index (χ1n) is 6.26. The summed E-state index contributed by atoms with van der Waals surface area (Å²) < 4.78 is 40.6. The fraction of sp³-hybridized carbons (Fsp3) is 0.917. The van der Waals surface area contributed by atoms with Crippen LogP contribution in [0.15, 0.2) is 0 Å². The topological polar surface area (TPSA) is 29.5 Å². The minimum Gasteiger partial charge on any atom is -0.466 e. The fourth-order valence-electron chi connectivity index (χ4n) is 1.49. The Labute approximate surface area is 106 Å². The van der Waals surface area contributed by atoms with E-state index in [9.17, 15) is 18.0 Å². The molecule has 0 bridgehead atoms. The highest BCUT2D eigenvalue weighted by atomic mass is 19.4. The van der Waals surface area contributed by atoms with E-state index in [-0.39, 0.29) is 12.5 Å². The normalized spacial score (nSPS) is 11.9. The van der Waals surface area contributed by atoms with Gasteiger partial charge in [0, 0.05) is 13.0 Å². The molecule has 18 heavy (non-hydrogen) atoms. The molecule has 0 saturated carbocycles. The molecule has 0 aliphatic rings. The first kappa shape index (κ1) is 17.2. The third kappa shape index (κ3) is 11.7. The van der Waals surface area contributed by atoms with E-state index < -0.39 is 12.6 Å². The van der Waals surface area contributed by atoms with Crippen LogP contribution in [0.25, 0.3) is 0 Å². The van der Waals surface area contributed by atoms with Gasteiger partial charge in [-0.2, -0.15) is 13.2 Å². The molecule has 3 nitrogen and oxygen atoms in total. The van der Waals surface area contributed by atoms with Crippen molar-refractivity contribution in [1.82, 2.24) is 4.90 Å². The van der Waals surface area contributed by atoms with Gasteiger partial charge in [0.25, 0.3) is 0 Å². The van der Waals surface area contributed by atoms with Gasteiger partial charge in [-0.3, -0.25) is 4.79 Å². The molecular weight excluding hydrogens is 247 g/mol. The van der Waals surface area contributed by atoms with E-state index in [0.717, 1.165) is 19.3 Å². The number of carbonyl (C=O) groups is 1. The van der Waals surface area contributed by atoms with Crippen molar-refractivity contribution in [2.75, 3.05) is 26.7 Å². The summed E-state index contributed by atoms with van der Waals surface area (Å²) >= 11 is 0. The molecule has 0 saturated heterocycles. The molecule has 0 aromatic carbocycles. The molecular formula is C12H22F3NO2. The lowest BCUT2D eigenvalue weighted by molar-refractivity contribution is -0.143. The van der Waals surface area contributed by atoms with E-state index in [1.54, 1.807) is 18.9 Å². The summed E-state index contributed by atoms with van der Waals surface area (Å²) in [7, 11) is 1.68. The van der Waals surface area contributed by atoms with Gasteiger partial charge in [-0.1, -0.05) is 6.42 Å².